The third kappa shape index (κ3) is 3.74. The number of carbonyl (C=O) groups excluding carboxylic acids is 1. The number of nitrogens with zero attached hydrogens (tertiary/aromatic N) is 1. The van der Waals surface area contributed by atoms with Crippen molar-refractivity contribution in [3.63, 3.8) is 0 Å². The van der Waals surface area contributed by atoms with Gasteiger partial charge in [0.15, 0.2) is 5.78 Å². The average Bonchev–Trinajstić information content (AvgIpc) is 2.69. The van der Waals surface area contributed by atoms with E-state index in [1.807, 2.05) is 37.3 Å². The van der Waals surface area contributed by atoms with Crippen molar-refractivity contribution < 1.29 is 14.3 Å². The zero-order chi connectivity index (χ0) is 21.4. The third-order valence-electron chi connectivity index (χ3n) is 6.05. The van der Waals surface area contributed by atoms with Crippen LogP contribution in [0.5, 0.6) is 11.5 Å². The Labute approximate surface area is 173 Å². The topological polar surface area (TPSA) is 59.3 Å². The zero-order valence-electron chi connectivity index (χ0n) is 18.1. The van der Waals surface area contributed by atoms with Gasteiger partial charge in [-0.1, -0.05) is 34.6 Å². The molecule has 0 saturated heterocycles. The van der Waals surface area contributed by atoms with Crippen LogP contribution >= 0.6 is 0 Å². The summed E-state index contributed by atoms with van der Waals surface area (Å²) in [5, 5.41) is 9.24. The van der Waals surface area contributed by atoms with Crippen molar-refractivity contribution in [2.75, 3.05) is 0 Å². The number of hydrogen-bond acceptors (Lipinski definition) is 4. The number of nitriles is 1. The van der Waals surface area contributed by atoms with Crippen molar-refractivity contribution in [2.45, 2.75) is 60.2 Å². The molecule has 0 aliphatic heterocycles. The lowest BCUT2D eigenvalue weighted by molar-refractivity contribution is -0.224. The first-order valence-electron chi connectivity index (χ1n) is 10.1. The molecule has 1 fully saturated rings. The SMILES string of the molecule is CCc1cc(OC2C(C)(C)C(Oc3ccc(C(C)=O)cc3)C2(C)C)ccc1C#N. The predicted molar refractivity (Wildman–Crippen MR) is 113 cm³/mol. The minimum Gasteiger partial charge on any atom is -0.489 e. The number of rotatable bonds is 6. The molecule has 4 heteroatoms. The van der Waals surface area contributed by atoms with E-state index in [0.717, 1.165) is 23.5 Å². The van der Waals surface area contributed by atoms with Gasteiger partial charge >= 0.3 is 0 Å². The van der Waals surface area contributed by atoms with Gasteiger partial charge < -0.3 is 9.47 Å². The molecule has 0 spiro atoms. The lowest BCUT2D eigenvalue weighted by Gasteiger charge is -2.62. The summed E-state index contributed by atoms with van der Waals surface area (Å²) in [6.45, 7) is 12.2. The van der Waals surface area contributed by atoms with Crippen LogP contribution < -0.4 is 9.47 Å². The van der Waals surface area contributed by atoms with Crippen molar-refractivity contribution >= 4 is 5.78 Å². The number of ketones is 1. The maximum atomic E-state index is 11.5. The Bertz CT molecular complexity index is 935. The summed E-state index contributed by atoms with van der Waals surface area (Å²) in [4.78, 5) is 11.5. The largest absolute Gasteiger partial charge is 0.489 e. The first kappa shape index (κ1) is 20.9. The number of Topliss-reactive ketones (excluding diaryl/α,β-unsaturated/α-hetero) is 1. The summed E-state index contributed by atoms with van der Waals surface area (Å²) in [6.07, 6.45) is 0.723. The van der Waals surface area contributed by atoms with Crippen LogP contribution in [0.25, 0.3) is 0 Å². The summed E-state index contributed by atoms with van der Waals surface area (Å²) < 4.78 is 12.7. The van der Waals surface area contributed by atoms with Crippen LogP contribution in [0.2, 0.25) is 0 Å². The lowest BCUT2D eigenvalue weighted by Crippen LogP contribution is -2.71. The second-order valence-corrected chi connectivity index (χ2v) is 9.00. The summed E-state index contributed by atoms with van der Waals surface area (Å²) in [5.41, 5.74) is 1.96. The minimum absolute atomic E-state index is 0.0332. The van der Waals surface area contributed by atoms with Gasteiger partial charge in [-0.2, -0.15) is 5.26 Å². The van der Waals surface area contributed by atoms with Gasteiger partial charge in [0.05, 0.1) is 11.6 Å². The smallest absolute Gasteiger partial charge is 0.159 e. The van der Waals surface area contributed by atoms with Gasteiger partial charge in [0, 0.05) is 16.4 Å². The van der Waals surface area contributed by atoms with E-state index in [-0.39, 0.29) is 28.8 Å². The van der Waals surface area contributed by atoms with E-state index >= 15 is 0 Å². The van der Waals surface area contributed by atoms with Gasteiger partial charge in [0.1, 0.15) is 23.7 Å². The van der Waals surface area contributed by atoms with Crippen LogP contribution in [-0.2, 0) is 6.42 Å². The molecule has 1 aliphatic carbocycles. The highest BCUT2D eigenvalue weighted by atomic mass is 16.5. The first-order valence-corrected chi connectivity index (χ1v) is 10.1. The molecule has 3 rings (SSSR count). The van der Waals surface area contributed by atoms with Gasteiger partial charge in [-0.25, -0.2) is 0 Å². The van der Waals surface area contributed by atoms with Crippen molar-refractivity contribution in [3.05, 3.63) is 59.2 Å². The summed E-state index contributed by atoms with van der Waals surface area (Å²) in [6, 6.07) is 15.2. The van der Waals surface area contributed by atoms with Gasteiger partial charge in [-0.3, -0.25) is 4.79 Å². The number of aryl methyl sites for hydroxylation is 1. The molecule has 2 aromatic rings. The highest BCUT2D eigenvalue weighted by Gasteiger charge is 2.65. The Kier molecular flexibility index (Phi) is 5.45. The molecule has 0 atom stereocenters. The van der Waals surface area contributed by atoms with E-state index < -0.39 is 0 Å². The molecule has 0 bridgehead atoms. The Morgan fingerprint density at radius 2 is 1.48 bits per heavy atom. The molecular weight excluding hydrogens is 362 g/mol. The van der Waals surface area contributed by atoms with Crippen molar-refractivity contribution in [3.8, 4) is 17.6 Å². The number of hydrogen-bond donors (Lipinski definition) is 0. The summed E-state index contributed by atoms with van der Waals surface area (Å²) >= 11 is 0. The van der Waals surface area contributed by atoms with Gasteiger partial charge in [0.25, 0.3) is 0 Å². The van der Waals surface area contributed by atoms with Crippen LogP contribution in [0.1, 0.15) is 63.0 Å². The Balaban J connectivity index is 1.78. The standard InChI is InChI=1S/C25H29NO3/c1-7-17-14-21(13-10-19(17)15-26)29-23-24(3,4)22(25(23,5)6)28-20-11-8-18(9-12-20)16(2)27/h8-14,22-23H,7H2,1-6H3. The molecule has 0 aromatic heterocycles. The normalized spacial score (nSPS) is 21.6. The third-order valence-corrected chi connectivity index (χ3v) is 6.05. The Morgan fingerprint density at radius 3 is 1.97 bits per heavy atom. The minimum atomic E-state index is -0.205. The fourth-order valence-electron chi connectivity index (χ4n) is 4.79. The fourth-order valence-corrected chi connectivity index (χ4v) is 4.79. The molecule has 29 heavy (non-hydrogen) atoms. The highest BCUT2D eigenvalue weighted by molar-refractivity contribution is 5.94. The van der Waals surface area contributed by atoms with Crippen molar-refractivity contribution in [2.24, 2.45) is 10.8 Å². The van der Waals surface area contributed by atoms with Crippen molar-refractivity contribution in [1.82, 2.24) is 0 Å². The molecule has 0 heterocycles. The van der Waals surface area contributed by atoms with Gasteiger partial charge in [0.2, 0.25) is 0 Å². The van der Waals surface area contributed by atoms with Crippen LogP contribution in [0.15, 0.2) is 42.5 Å². The van der Waals surface area contributed by atoms with Crippen LogP contribution in [0.3, 0.4) is 0 Å². The van der Waals surface area contributed by atoms with E-state index in [4.69, 9.17) is 9.47 Å². The fraction of sp³-hybridized carbons (Fsp3) is 0.440. The molecule has 152 valence electrons. The monoisotopic (exact) mass is 391 g/mol. The number of carbonyl (C=O) groups is 1. The average molecular weight is 392 g/mol. The number of benzene rings is 2. The molecule has 0 unspecified atom stereocenters. The Morgan fingerprint density at radius 1 is 0.966 bits per heavy atom. The molecule has 0 amide bonds. The molecule has 2 aromatic carbocycles. The molecule has 0 radical (unpaired) electrons. The second-order valence-electron chi connectivity index (χ2n) is 9.00. The maximum Gasteiger partial charge on any atom is 0.159 e. The lowest BCUT2D eigenvalue weighted by atomic mass is 9.51. The molecule has 1 aliphatic rings. The quantitative estimate of drug-likeness (QED) is 0.603. The van der Waals surface area contributed by atoms with Crippen molar-refractivity contribution in [1.29, 1.82) is 5.26 Å². The van der Waals surface area contributed by atoms with Crippen LogP contribution in [0, 0.1) is 22.2 Å². The Hall–Kier alpha value is -2.80. The number of ether oxygens (including phenoxy) is 2. The van der Waals surface area contributed by atoms with E-state index in [2.05, 4.69) is 33.8 Å². The first-order chi connectivity index (χ1) is 13.6. The van der Waals surface area contributed by atoms with E-state index in [1.165, 1.54) is 0 Å². The maximum absolute atomic E-state index is 11.5. The molecular formula is C25H29NO3. The molecule has 0 N–H and O–H groups in total. The zero-order valence-corrected chi connectivity index (χ0v) is 18.1. The van der Waals surface area contributed by atoms with Crippen LogP contribution in [0.4, 0.5) is 0 Å². The van der Waals surface area contributed by atoms with Gasteiger partial charge in [-0.15, -0.1) is 0 Å². The summed E-state index contributed by atoms with van der Waals surface area (Å²) in [5.74, 6) is 1.59. The molecule has 4 nitrogen and oxygen atoms in total. The van der Waals surface area contributed by atoms with Crippen LogP contribution in [-0.4, -0.2) is 18.0 Å². The van der Waals surface area contributed by atoms with Gasteiger partial charge in [-0.05, 0) is 61.4 Å². The van der Waals surface area contributed by atoms with E-state index in [0.29, 0.717) is 11.1 Å². The second kappa shape index (κ2) is 7.55. The summed E-state index contributed by atoms with van der Waals surface area (Å²) in [7, 11) is 0. The predicted octanol–water partition coefficient (Wildman–Crippen LogP) is 5.58. The highest BCUT2D eigenvalue weighted by Crippen LogP contribution is 2.57. The van der Waals surface area contributed by atoms with E-state index in [1.54, 1.807) is 19.1 Å². The molecule has 1 saturated carbocycles. The van der Waals surface area contributed by atoms with E-state index in [9.17, 15) is 10.1 Å².